The number of ether oxygens (including phenoxy) is 1. The topological polar surface area (TPSA) is 92.7 Å². The lowest BCUT2D eigenvalue weighted by Crippen LogP contribution is -2.51. The van der Waals surface area contributed by atoms with Gasteiger partial charge < -0.3 is 20.1 Å². The van der Waals surface area contributed by atoms with Crippen LogP contribution < -0.4 is 10.5 Å². The van der Waals surface area contributed by atoms with E-state index in [2.05, 4.69) is 24.3 Å². The van der Waals surface area contributed by atoms with Gasteiger partial charge in [-0.25, -0.2) is 14.4 Å². The van der Waals surface area contributed by atoms with E-state index in [1.54, 1.807) is 12.1 Å². The number of aliphatic hydroxyl groups excluding tert-OH is 1. The molecular weight excluding hydrogens is 495 g/mol. The van der Waals surface area contributed by atoms with Crippen LogP contribution in [0.15, 0.2) is 61.1 Å². The van der Waals surface area contributed by atoms with Gasteiger partial charge in [-0.1, -0.05) is 18.2 Å². The van der Waals surface area contributed by atoms with Gasteiger partial charge in [-0.3, -0.25) is 9.80 Å². The highest BCUT2D eigenvalue weighted by molar-refractivity contribution is 6.00. The van der Waals surface area contributed by atoms with Crippen LogP contribution in [0.1, 0.15) is 31.7 Å². The van der Waals surface area contributed by atoms with E-state index in [-0.39, 0.29) is 18.5 Å². The molecule has 2 aromatic carbocycles. The molecule has 204 valence electrons. The summed E-state index contributed by atoms with van der Waals surface area (Å²) in [5, 5.41) is 9.91. The van der Waals surface area contributed by atoms with E-state index < -0.39 is 0 Å². The van der Waals surface area contributed by atoms with E-state index in [1.807, 2.05) is 36.5 Å². The summed E-state index contributed by atoms with van der Waals surface area (Å²) in [6, 6.07) is 15.1. The van der Waals surface area contributed by atoms with Crippen LogP contribution in [0.4, 0.5) is 10.2 Å². The van der Waals surface area contributed by atoms with Crippen molar-refractivity contribution in [2.45, 2.75) is 37.8 Å². The Morgan fingerprint density at radius 3 is 2.36 bits per heavy atom. The predicted molar refractivity (Wildman–Crippen MR) is 150 cm³/mol. The minimum atomic E-state index is -0.380. The minimum absolute atomic E-state index is 0.224. The maximum absolute atomic E-state index is 15.5. The molecule has 3 heterocycles. The fourth-order valence-electron chi connectivity index (χ4n) is 6.19. The van der Waals surface area contributed by atoms with E-state index in [1.165, 1.54) is 12.4 Å². The van der Waals surface area contributed by atoms with Crippen LogP contribution in [0.3, 0.4) is 0 Å². The first-order valence-electron chi connectivity index (χ1n) is 13.8. The van der Waals surface area contributed by atoms with Gasteiger partial charge in [-0.2, -0.15) is 0 Å². The second-order valence-electron chi connectivity index (χ2n) is 10.5. The molecular formula is C30H35FN6O2. The van der Waals surface area contributed by atoms with Crippen molar-refractivity contribution >= 4 is 16.9 Å². The second-order valence-corrected chi connectivity index (χ2v) is 10.5. The first-order chi connectivity index (χ1) is 19.1. The normalized spacial score (nSPS) is 20.9. The van der Waals surface area contributed by atoms with Crippen molar-refractivity contribution in [3.8, 4) is 22.6 Å². The number of rotatable bonds is 7. The number of para-hydroxylation sites is 1. The number of benzene rings is 2. The molecule has 4 aromatic rings. The highest BCUT2D eigenvalue weighted by Crippen LogP contribution is 2.40. The van der Waals surface area contributed by atoms with Crippen molar-refractivity contribution in [1.29, 1.82) is 0 Å². The molecule has 1 saturated carbocycles. The number of hydrogen-bond donors (Lipinski definition) is 2. The number of anilines is 1. The lowest BCUT2D eigenvalue weighted by atomic mass is 9.89. The number of aromatic nitrogens is 3. The number of nitrogens with two attached hydrogens (primary N) is 1. The maximum atomic E-state index is 15.5. The molecule has 2 fully saturated rings. The van der Waals surface area contributed by atoms with Gasteiger partial charge in [-0.15, -0.1) is 0 Å². The molecule has 2 aromatic heterocycles. The van der Waals surface area contributed by atoms with Crippen molar-refractivity contribution in [3.05, 3.63) is 66.9 Å². The quantitative estimate of drug-likeness (QED) is 0.358. The largest absolute Gasteiger partial charge is 0.457 e. The lowest BCUT2D eigenvalue weighted by molar-refractivity contribution is 0.0637. The molecule has 6 rings (SSSR count). The Morgan fingerprint density at radius 1 is 0.897 bits per heavy atom. The molecule has 2 aliphatic rings. The van der Waals surface area contributed by atoms with Crippen LogP contribution in [0, 0.1) is 5.82 Å². The van der Waals surface area contributed by atoms with Crippen molar-refractivity contribution in [1.82, 2.24) is 24.3 Å². The second kappa shape index (κ2) is 11.3. The van der Waals surface area contributed by atoms with Crippen LogP contribution in [-0.4, -0.2) is 74.8 Å². The zero-order valence-corrected chi connectivity index (χ0v) is 22.0. The molecule has 0 radical (unpaired) electrons. The first-order valence-corrected chi connectivity index (χ1v) is 13.8. The summed E-state index contributed by atoms with van der Waals surface area (Å²) in [4.78, 5) is 13.8. The zero-order valence-electron chi connectivity index (χ0n) is 22.0. The van der Waals surface area contributed by atoms with Crippen LogP contribution in [-0.2, 0) is 0 Å². The van der Waals surface area contributed by atoms with E-state index in [0.717, 1.165) is 64.1 Å². The van der Waals surface area contributed by atoms with Gasteiger partial charge >= 0.3 is 0 Å². The third kappa shape index (κ3) is 5.34. The maximum Gasteiger partial charge on any atom is 0.146 e. The number of β-amino-alcohol motifs (C(OH)–C–C–N with tert-alkyl or cyclic N) is 1. The van der Waals surface area contributed by atoms with Gasteiger partial charge in [0.05, 0.1) is 12.0 Å². The Balaban J connectivity index is 1.22. The molecule has 0 unspecified atom stereocenters. The first kappa shape index (κ1) is 25.7. The summed E-state index contributed by atoms with van der Waals surface area (Å²) in [5.74, 6) is 1.06. The zero-order chi connectivity index (χ0) is 26.8. The fraction of sp³-hybridized carbons (Fsp3) is 0.400. The monoisotopic (exact) mass is 530 g/mol. The van der Waals surface area contributed by atoms with Gasteiger partial charge in [0, 0.05) is 68.2 Å². The summed E-state index contributed by atoms with van der Waals surface area (Å²) in [6.07, 6.45) is 7.77. The average molecular weight is 531 g/mol. The van der Waals surface area contributed by atoms with E-state index in [4.69, 9.17) is 10.5 Å². The molecule has 0 spiro atoms. The minimum Gasteiger partial charge on any atom is -0.457 e. The van der Waals surface area contributed by atoms with Crippen molar-refractivity contribution in [2.24, 2.45) is 0 Å². The van der Waals surface area contributed by atoms with Gasteiger partial charge in [-0.05, 0) is 49.9 Å². The van der Waals surface area contributed by atoms with Crippen molar-refractivity contribution < 1.29 is 14.2 Å². The number of fused-ring (bicyclic) bond motifs is 1. The van der Waals surface area contributed by atoms with Crippen molar-refractivity contribution in [2.75, 3.05) is 45.1 Å². The number of halogens is 1. The molecule has 39 heavy (non-hydrogen) atoms. The smallest absolute Gasteiger partial charge is 0.146 e. The summed E-state index contributed by atoms with van der Waals surface area (Å²) >= 11 is 0. The molecule has 0 bridgehead atoms. The molecule has 1 aliphatic heterocycles. The van der Waals surface area contributed by atoms with Gasteiger partial charge in [0.15, 0.2) is 0 Å². The van der Waals surface area contributed by atoms with Crippen molar-refractivity contribution in [3.63, 3.8) is 0 Å². The number of hydrogen-bond acceptors (Lipinski definition) is 7. The van der Waals surface area contributed by atoms with E-state index in [0.29, 0.717) is 39.9 Å². The summed E-state index contributed by atoms with van der Waals surface area (Å²) in [5.41, 5.74) is 8.24. The third-order valence-electron chi connectivity index (χ3n) is 8.25. The lowest BCUT2D eigenvalue weighted by Gasteiger charge is -2.42. The molecule has 1 aliphatic carbocycles. The molecule has 9 heteroatoms. The van der Waals surface area contributed by atoms with Crippen LogP contribution in [0.5, 0.6) is 11.5 Å². The molecule has 8 nitrogen and oxygen atoms in total. The highest BCUT2D eigenvalue weighted by Gasteiger charge is 2.30. The van der Waals surface area contributed by atoms with Gasteiger partial charge in [0.25, 0.3) is 0 Å². The SMILES string of the molecule is Nc1ncnc2c1c(-c1ccc(Oc3ccccc3)cc1F)cn2[C@H]1CC[C@@H](N2CCN(CCO)CC2)CC1. The van der Waals surface area contributed by atoms with Gasteiger partial charge in [0.2, 0.25) is 0 Å². The Morgan fingerprint density at radius 2 is 1.64 bits per heavy atom. The molecule has 3 N–H and O–H groups in total. The molecule has 0 amide bonds. The summed E-state index contributed by atoms with van der Waals surface area (Å²) in [7, 11) is 0. The molecule has 0 atom stereocenters. The van der Waals surface area contributed by atoms with E-state index in [9.17, 15) is 5.11 Å². The standard InChI is InChI=1S/C30H35FN6O2/c31-27-18-24(39-23-4-2-1-3-5-23)10-11-25(27)26-19-37(30-28(26)29(32)33-20-34-30)22-8-6-21(7-9-22)36-14-12-35(13-15-36)16-17-38/h1-5,10-11,18-22,38H,6-9,12-17H2,(H2,32,33,34)/t21-,22+. The Bertz CT molecular complexity index is 1410. The van der Waals surface area contributed by atoms with Gasteiger partial charge in [0.1, 0.15) is 35.1 Å². The Hall–Kier alpha value is -3.53. The number of nitrogen functional groups attached to an aromatic ring is 1. The van der Waals surface area contributed by atoms with Crippen LogP contribution in [0.25, 0.3) is 22.2 Å². The third-order valence-corrected chi connectivity index (χ3v) is 8.25. The highest BCUT2D eigenvalue weighted by atomic mass is 19.1. The predicted octanol–water partition coefficient (Wildman–Crippen LogP) is 4.71. The molecule has 1 saturated heterocycles. The number of piperazine rings is 1. The van der Waals surface area contributed by atoms with Crippen LogP contribution in [0.2, 0.25) is 0 Å². The van der Waals surface area contributed by atoms with E-state index >= 15 is 4.39 Å². The Labute approximate surface area is 227 Å². The number of aliphatic hydroxyl groups is 1. The summed E-state index contributed by atoms with van der Waals surface area (Å²) in [6.45, 7) is 5.13. The average Bonchev–Trinajstić information content (AvgIpc) is 3.35. The number of nitrogens with zero attached hydrogens (tertiary/aromatic N) is 5. The Kier molecular flexibility index (Phi) is 7.45. The summed E-state index contributed by atoms with van der Waals surface area (Å²) < 4.78 is 23.5. The van der Waals surface area contributed by atoms with Crippen LogP contribution >= 0.6 is 0 Å². The fourth-order valence-corrected chi connectivity index (χ4v) is 6.19.